The van der Waals surface area contributed by atoms with Crippen LogP contribution in [0.2, 0.25) is 0 Å². The Hall–Kier alpha value is -2.63. The van der Waals surface area contributed by atoms with Crippen molar-refractivity contribution >= 4 is 41.7 Å². The van der Waals surface area contributed by atoms with Gasteiger partial charge in [-0.05, 0) is 83.0 Å². The van der Waals surface area contributed by atoms with Crippen LogP contribution in [0.15, 0.2) is 0 Å². The first-order valence-electron chi connectivity index (χ1n) is 34.2. The molecule has 0 radical (unpaired) electrons. The number of hydrogen-bond donors (Lipinski definition) is 0. The van der Waals surface area contributed by atoms with Gasteiger partial charge in [0.05, 0.1) is 32.3 Å². The standard InChI is InChI=1S/C18H31NO4.C15H30O.C12H24O.C11H24O.C9H20O.2C3H6O/c1-2-3-4-5-6-7-13-23-18(22)15-19(11-12-20)14-17(21)16-9-8-10-16;1-4-6-7-8-9-10-11-12-15(16)13-14(3)5-2;1-3-5-6-7-8-9-10-11-12(13)4-2;1-6-9(3)8-10(4)11(7-2)12-5;1-3-4-5-6-7-8-9-10-2;1-3(2)4;1-2-3-4/h12,16H,2-11,13-15H2,1H3;14H,4-13H2,1-3H3;3-11H2,1-2H3;9-11H,6-8H2,1-5H3;3-9H2,1-2H3;1-2H3;3H,2H2,1H3. The highest BCUT2D eigenvalue weighted by atomic mass is 16.5. The van der Waals surface area contributed by atoms with Crippen molar-refractivity contribution in [2.45, 2.75) is 347 Å². The van der Waals surface area contributed by atoms with Crippen molar-refractivity contribution in [3.63, 3.8) is 0 Å². The lowest BCUT2D eigenvalue weighted by Crippen LogP contribution is -2.39. The number of esters is 1. The molecule has 0 aromatic rings. The minimum Gasteiger partial charge on any atom is -0.465 e. The van der Waals surface area contributed by atoms with Gasteiger partial charge in [0.25, 0.3) is 0 Å². The molecule has 0 aliphatic heterocycles. The number of rotatable bonds is 48. The first-order chi connectivity index (χ1) is 39.4. The average molecular weight is 1170 g/mol. The zero-order valence-corrected chi connectivity index (χ0v) is 57.5. The van der Waals surface area contributed by atoms with Gasteiger partial charge in [-0.15, -0.1) is 0 Å². The van der Waals surface area contributed by atoms with Gasteiger partial charge in [-0.2, -0.15) is 0 Å². The first kappa shape index (κ1) is 90.6. The maximum absolute atomic E-state index is 12.0. The molecule has 0 heterocycles. The second-order valence-corrected chi connectivity index (χ2v) is 23.5. The van der Waals surface area contributed by atoms with Gasteiger partial charge in [0, 0.05) is 58.8 Å². The minimum atomic E-state index is -0.346. The molecule has 1 aliphatic carbocycles. The molecule has 82 heavy (non-hydrogen) atoms. The third-order valence-corrected chi connectivity index (χ3v) is 14.9. The molecule has 1 fully saturated rings. The molecule has 1 aliphatic rings. The average Bonchev–Trinajstić information content (AvgIpc) is 3.44. The Kier molecular flexibility index (Phi) is 84.4. The van der Waals surface area contributed by atoms with Crippen LogP contribution in [0.1, 0.15) is 341 Å². The summed E-state index contributed by atoms with van der Waals surface area (Å²) in [6.45, 7) is 30.8. The lowest BCUT2D eigenvalue weighted by atomic mass is 9.82. The van der Waals surface area contributed by atoms with Crippen LogP contribution in [-0.4, -0.2) is 99.7 Å². The first-order valence-corrected chi connectivity index (χ1v) is 34.2. The summed E-state index contributed by atoms with van der Waals surface area (Å²) >= 11 is 0. The Morgan fingerprint density at radius 1 is 0.512 bits per heavy atom. The predicted molar refractivity (Wildman–Crippen MR) is 351 cm³/mol. The van der Waals surface area contributed by atoms with Crippen LogP contribution >= 0.6 is 0 Å². The Morgan fingerprint density at radius 3 is 1.26 bits per heavy atom. The molecule has 0 amide bonds. The second kappa shape index (κ2) is 76.4. The largest absolute Gasteiger partial charge is 0.465 e. The van der Waals surface area contributed by atoms with E-state index in [9.17, 15) is 33.6 Å². The van der Waals surface area contributed by atoms with E-state index in [0.29, 0.717) is 42.5 Å². The maximum Gasteiger partial charge on any atom is 0.320 e. The van der Waals surface area contributed by atoms with E-state index >= 15 is 0 Å². The topological polar surface area (TPSA) is 150 Å². The highest BCUT2D eigenvalue weighted by Crippen LogP contribution is 2.27. The molecule has 1 rings (SSSR count). The highest BCUT2D eigenvalue weighted by molar-refractivity contribution is 5.84. The van der Waals surface area contributed by atoms with Crippen LogP contribution in [0.25, 0.3) is 0 Å². The van der Waals surface area contributed by atoms with Crippen molar-refractivity contribution in [2.24, 2.45) is 23.7 Å². The van der Waals surface area contributed by atoms with Crippen molar-refractivity contribution < 1.29 is 47.8 Å². The van der Waals surface area contributed by atoms with Gasteiger partial charge in [-0.3, -0.25) is 24.1 Å². The lowest BCUT2D eigenvalue weighted by molar-refractivity contribution is -0.145. The Bertz CT molecular complexity index is 1340. The fourth-order valence-electron chi connectivity index (χ4n) is 8.82. The van der Waals surface area contributed by atoms with E-state index in [0.717, 1.165) is 109 Å². The van der Waals surface area contributed by atoms with E-state index in [1.807, 2.05) is 21.0 Å². The molecule has 490 valence electrons. The van der Waals surface area contributed by atoms with Gasteiger partial charge in [-0.1, -0.05) is 244 Å². The van der Waals surface area contributed by atoms with Crippen LogP contribution in [-0.2, 0) is 47.8 Å². The summed E-state index contributed by atoms with van der Waals surface area (Å²) in [5.41, 5.74) is 0. The molecule has 0 spiro atoms. The molecule has 4 unspecified atom stereocenters. The molecule has 11 heteroatoms. The minimum absolute atomic E-state index is 0.0209. The van der Waals surface area contributed by atoms with E-state index in [-0.39, 0.29) is 43.1 Å². The van der Waals surface area contributed by atoms with Crippen LogP contribution < -0.4 is 0 Å². The molecular weight excluding hydrogens is 1030 g/mol. The zero-order chi connectivity index (χ0) is 63.3. The van der Waals surface area contributed by atoms with Crippen molar-refractivity contribution in [2.75, 3.05) is 47.1 Å². The number of hydrogen-bond acceptors (Lipinski definition) is 11. The van der Waals surface area contributed by atoms with Crippen LogP contribution in [0, 0.1) is 23.7 Å². The Morgan fingerprint density at radius 2 is 0.915 bits per heavy atom. The number of methoxy groups -OCH3 is 2. The summed E-state index contributed by atoms with van der Waals surface area (Å²) in [7, 11) is 3.59. The number of aldehydes is 2. The molecular formula is C71H141NO10. The SMILES string of the molecule is CC(C)=O.CCC(C)CC(C)C(CC)OC.CCC=O.CCCCCCCCCC(=O)CC.CCCCCCCCCC(=O)CC(C)CC.CCCCCCCCOC.CCCCCCCCOC(=O)CN(CC=O)CC(=O)C1CCC1. The maximum atomic E-state index is 12.0. The van der Waals surface area contributed by atoms with E-state index in [2.05, 4.69) is 69.2 Å². The summed E-state index contributed by atoms with van der Waals surface area (Å²) in [6.07, 6.45) is 46.8. The van der Waals surface area contributed by atoms with Crippen LogP contribution in [0.3, 0.4) is 0 Å². The van der Waals surface area contributed by atoms with Crippen molar-refractivity contribution in [1.82, 2.24) is 4.90 Å². The van der Waals surface area contributed by atoms with Gasteiger partial charge in [0.1, 0.15) is 35.7 Å². The monoisotopic (exact) mass is 1170 g/mol. The van der Waals surface area contributed by atoms with E-state index in [1.165, 1.54) is 168 Å². The molecule has 4 atom stereocenters. The summed E-state index contributed by atoms with van der Waals surface area (Å²) in [4.78, 5) is 77.2. The second-order valence-electron chi connectivity index (χ2n) is 23.5. The number of ether oxygens (including phenoxy) is 3. The molecule has 0 aromatic carbocycles. The Labute approximate surface area is 510 Å². The smallest absolute Gasteiger partial charge is 0.320 e. The molecule has 0 N–H and O–H groups in total. The molecule has 0 bridgehead atoms. The summed E-state index contributed by atoms with van der Waals surface area (Å²) in [5.74, 6) is 3.11. The Balaban J connectivity index is -0.000000219. The normalized spacial score (nSPS) is 12.8. The van der Waals surface area contributed by atoms with Gasteiger partial charge >= 0.3 is 5.97 Å². The summed E-state index contributed by atoms with van der Waals surface area (Å²) in [5, 5.41) is 0. The number of Topliss-reactive ketones (excluding diaryl/α,β-unsaturated/α-hetero) is 4. The van der Waals surface area contributed by atoms with E-state index in [1.54, 1.807) is 12.0 Å². The third-order valence-electron chi connectivity index (χ3n) is 14.9. The highest BCUT2D eigenvalue weighted by Gasteiger charge is 2.27. The van der Waals surface area contributed by atoms with Gasteiger partial charge in [-0.25, -0.2) is 0 Å². The molecule has 11 nitrogen and oxygen atoms in total. The van der Waals surface area contributed by atoms with Gasteiger partial charge in [0.2, 0.25) is 0 Å². The van der Waals surface area contributed by atoms with Crippen molar-refractivity contribution in [3.8, 4) is 0 Å². The lowest BCUT2D eigenvalue weighted by Gasteiger charge is -2.26. The summed E-state index contributed by atoms with van der Waals surface area (Å²) < 4.78 is 15.6. The van der Waals surface area contributed by atoms with Crippen LogP contribution in [0.4, 0.5) is 0 Å². The fourth-order valence-corrected chi connectivity index (χ4v) is 8.82. The summed E-state index contributed by atoms with van der Waals surface area (Å²) in [6, 6.07) is 0. The van der Waals surface area contributed by atoms with Gasteiger partial charge < -0.3 is 28.6 Å². The number of carbonyl (C=O) groups excluding carboxylic acids is 7. The van der Waals surface area contributed by atoms with Crippen molar-refractivity contribution in [1.29, 1.82) is 0 Å². The van der Waals surface area contributed by atoms with E-state index in [4.69, 9.17) is 14.2 Å². The van der Waals surface area contributed by atoms with Crippen LogP contribution in [0.5, 0.6) is 0 Å². The molecule has 0 saturated heterocycles. The zero-order valence-electron chi connectivity index (χ0n) is 57.5. The quantitative estimate of drug-likeness (QED) is 0.0325. The molecule has 1 saturated carbocycles. The third kappa shape index (κ3) is 79.4. The predicted octanol–water partition coefficient (Wildman–Crippen LogP) is 19.7. The number of nitrogens with zero attached hydrogens (tertiary/aromatic N) is 1. The van der Waals surface area contributed by atoms with E-state index < -0.39 is 0 Å². The number of ketones is 4. The molecule has 0 aromatic heterocycles. The number of carbonyl (C=O) groups is 7. The fraction of sp³-hybridized carbons (Fsp3) is 0.901. The van der Waals surface area contributed by atoms with Crippen molar-refractivity contribution in [3.05, 3.63) is 0 Å². The van der Waals surface area contributed by atoms with Gasteiger partial charge in [0.15, 0.2) is 0 Å². The number of unbranched alkanes of at least 4 members (excludes halogenated alkanes) is 22.